The first kappa shape index (κ1) is 43.5. The predicted molar refractivity (Wildman–Crippen MR) is 286 cm³/mol. The summed E-state index contributed by atoms with van der Waals surface area (Å²) in [6.45, 7) is 1.42. The molecule has 0 unspecified atom stereocenters. The molecule has 0 saturated carbocycles. The van der Waals surface area contributed by atoms with Crippen molar-refractivity contribution in [2.24, 2.45) is 0 Å². The van der Waals surface area contributed by atoms with E-state index in [9.17, 15) is 0 Å². The lowest BCUT2D eigenvalue weighted by Gasteiger charge is -2.26. The Morgan fingerprint density at radius 1 is 0.318 bits per heavy atom. The van der Waals surface area contributed by atoms with Crippen LogP contribution in [-0.2, 0) is 22.3 Å². The van der Waals surface area contributed by atoms with Crippen LogP contribution in [0.2, 0.25) is 0 Å². The number of anilines is 6. The van der Waals surface area contributed by atoms with Crippen molar-refractivity contribution >= 4 is 79.5 Å². The fraction of sp³-hybridized carbons (Fsp3) is 0.103. The van der Waals surface area contributed by atoms with Gasteiger partial charge in [-0.05, 0) is 166 Å². The van der Waals surface area contributed by atoms with Gasteiger partial charge in [-0.3, -0.25) is 0 Å². The molecule has 4 heterocycles. The summed E-state index contributed by atoms with van der Waals surface area (Å²) in [5.74, 6) is 0. The lowest BCUT2D eigenvalue weighted by atomic mass is 10.1. The van der Waals surface area contributed by atoms with Gasteiger partial charge < -0.3 is 19.3 Å². The minimum atomic E-state index is 0.709. The van der Waals surface area contributed by atoms with Crippen LogP contribution >= 0.6 is 45.3 Å². The number of hydrogen-bond donors (Lipinski definition) is 0. The van der Waals surface area contributed by atoms with E-state index in [4.69, 9.17) is 9.47 Å². The standard InChI is InChI=1S/C58H48N2O2S4/c1-61-37-35-41-7-19-47(20-8-41)59(49-23-11-43(12-24-49)53-5-3-39-63-53)51-27-15-45(16-28-51)55-31-33-57(65-55)58-34-32-56(66-58)46-17-29-52(30-18-46)60(48-21-9-42(10-22-48)36-38-62-2)50-25-13-44(14-26-50)54-6-4-40-64-54/h3-34,39-40H,35-38H2,1-2H3. The van der Waals surface area contributed by atoms with Crippen molar-refractivity contribution in [3.63, 3.8) is 0 Å². The molecule has 0 fully saturated rings. The third-order valence-corrected chi connectivity index (χ3v) is 16.0. The van der Waals surface area contributed by atoms with Crippen LogP contribution in [0.3, 0.4) is 0 Å². The number of ether oxygens (including phenoxy) is 2. The summed E-state index contributed by atoms with van der Waals surface area (Å²) in [4.78, 5) is 12.3. The molecule has 0 radical (unpaired) electrons. The minimum Gasteiger partial charge on any atom is -0.384 e. The van der Waals surface area contributed by atoms with Gasteiger partial charge in [0.1, 0.15) is 0 Å². The molecule has 6 aromatic carbocycles. The van der Waals surface area contributed by atoms with E-state index in [2.05, 4.69) is 215 Å². The predicted octanol–water partition coefficient (Wildman–Crippen LogP) is 17.6. The van der Waals surface area contributed by atoms with E-state index in [1.165, 1.54) is 62.6 Å². The fourth-order valence-corrected chi connectivity index (χ4v) is 11.8. The summed E-state index contributed by atoms with van der Waals surface area (Å²) >= 11 is 7.22. The summed E-state index contributed by atoms with van der Waals surface area (Å²) in [5.41, 5.74) is 14.1. The largest absolute Gasteiger partial charge is 0.384 e. The topological polar surface area (TPSA) is 24.9 Å². The van der Waals surface area contributed by atoms with Crippen molar-refractivity contribution in [2.45, 2.75) is 12.8 Å². The highest BCUT2D eigenvalue weighted by Crippen LogP contribution is 2.43. The Labute approximate surface area is 403 Å². The Hall–Kier alpha value is -6.36. The third-order valence-electron chi connectivity index (χ3n) is 11.7. The van der Waals surface area contributed by atoms with Crippen LogP contribution in [0.15, 0.2) is 205 Å². The molecule has 10 aromatic rings. The van der Waals surface area contributed by atoms with Gasteiger partial charge >= 0.3 is 0 Å². The molecular formula is C58H48N2O2S4. The van der Waals surface area contributed by atoms with Gasteiger partial charge in [-0.1, -0.05) is 84.9 Å². The van der Waals surface area contributed by atoms with Crippen molar-refractivity contribution < 1.29 is 9.47 Å². The first-order valence-corrected chi connectivity index (χ1v) is 25.4. The number of methoxy groups -OCH3 is 2. The highest BCUT2D eigenvalue weighted by atomic mass is 32.1. The van der Waals surface area contributed by atoms with Crippen LogP contribution < -0.4 is 9.80 Å². The average molecular weight is 933 g/mol. The van der Waals surface area contributed by atoms with Crippen molar-refractivity contribution in [3.05, 3.63) is 216 Å². The number of benzene rings is 6. The maximum Gasteiger partial charge on any atom is 0.0502 e. The van der Waals surface area contributed by atoms with Gasteiger partial charge in [0, 0.05) is 77.6 Å². The summed E-state index contributed by atoms with van der Waals surface area (Å²) < 4.78 is 10.7. The van der Waals surface area contributed by atoms with Gasteiger partial charge in [0.2, 0.25) is 0 Å². The highest BCUT2D eigenvalue weighted by Gasteiger charge is 2.17. The second-order valence-electron chi connectivity index (χ2n) is 16.0. The van der Waals surface area contributed by atoms with E-state index < -0.39 is 0 Å². The summed E-state index contributed by atoms with van der Waals surface area (Å²) in [7, 11) is 3.51. The molecule has 0 aliphatic rings. The van der Waals surface area contributed by atoms with Crippen molar-refractivity contribution in [1.82, 2.24) is 0 Å². The summed E-state index contributed by atoms with van der Waals surface area (Å²) in [5, 5.41) is 4.26. The molecule has 326 valence electrons. The van der Waals surface area contributed by atoms with Crippen molar-refractivity contribution in [2.75, 3.05) is 37.2 Å². The second-order valence-corrected chi connectivity index (χ2v) is 20.0. The second kappa shape index (κ2) is 20.4. The molecule has 0 N–H and O–H groups in total. The Bertz CT molecular complexity index is 2850. The lowest BCUT2D eigenvalue weighted by Crippen LogP contribution is -2.10. The number of hydrogen-bond acceptors (Lipinski definition) is 8. The fourth-order valence-electron chi connectivity index (χ4n) is 8.19. The zero-order valence-corrected chi connectivity index (χ0v) is 40.1. The molecule has 8 heteroatoms. The Morgan fingerprint density at radius 3 is 0.894 bits per heavy atom. The molecule has 0 aliphatic heterocycles. The minimum absolute atomic E-state index is 0.709. The molecule has 4 aromatic heterocycles. The normalized spacial score (nSPS) is 11.2. The maximum absolute atomic E-state index is 5.34. The number of rotatable bonds is 17. The van der Waals surface area contributed by atoms with E-state index in [0.717, 1.165) is 47.0 Å². The lowest BCUT2D eigenvalue weighted by molar-refractivity contribution is 0.202. The van der Waals surface area contributed by atoms with E-state index in [1.807, 2.05) is 22.7 Å². The average Bonchev–Trinajstić information content (AvgIpc) is 4.24. The quantitative estimate of drug-likeness (QED) is 0.0908. The van der Waals surface area contributed by atoms with Crippen molar-refractivity contribution in [1.29, 1.82) is 0 Å². The van der Waals surface area contributed by atoms with E-state index in [1.54, 1.807) is 36.9 Å². The van der Waals surface area contributed by atoms with E-state index in [0.29, 0.717) is 13.2 Å². The van der Waals surface area contributed by atoms with Gasteiger partial charge in [-0.25, -0.2) is 0 Å². The highest BCUT2D eigenvalue weighted by molar-refractivity contribution is 7.25. The van der Waals surface area contributed by atoms with E-state index >= 15 is 0 Å². The Balaban J connectivity index is 0.874. The first-order chi connectivity index (χ1) is 32.6. The number of nitrogens with zero attached hydrogens (tertiary/aromatic N) is 2. The molecule has 66 heavy (non-hydrogen) atoms. The van der Waals surface area contributed by atoms with Crippen molar-refractivity contribution in [3.8, 4) is 51.5 Å². The van der Waals surface area contributed by atoms with Gasteiger partial charge in [0.25, 0.3) is 0 Å². The molecular weight excluding hydrogens is 885 g/mol. The van der Waals surface area contributed by atoms with Gasteiger partial charge in [0.05, 0.1) is 13.2 Å². The van der Waals surface area contributed by atoms with Crippen LogP contribution in [0.4, 0.5) is 34.1 Å². The van der Waals surface area contributed by atoms with Gasteiger partial charge in [0.15, 0.2) is 0 Å². The SMILES string of the molecule is COCCc1ccc(N(c2ccc(-c3cccs3)cc2)c2ccc(-c3ccc(-c4ccc(-c5ccc(N(c6ccc(CCOC)cc6)c6ccc(-c7cccs7)cc6)cc5)s4)s3)cc2)cc1. The monoisotopic (exact) mass is 932 g/mol. The Kier molecular flexibility index (Phi) is 13.5. The first-order valence-electron chi connectivity index (χ1n) is 22.0. The van der Waals surface area contributed by atoms with Crippen LogP contribution in [0.1, 0.15) is 11.1 Å². The molecule has 0 spiro atoms. The number of thiophene rings is 4. The molecule has 0 bridgehead atoms. The zero-order chi connectivity index (χ0) is 44.7. The van der Waals surface area contributed by atoms with Crippen LogP contribution in [-0.4, -0.2) is 27.4 Å². The van der Waals surface area contributed by atoms with Gasteiger partial charge in [-0.2, -0.15) is 0 Å². The van der Waals surface area contributed by atoms with E-state index in [-0.39, 0.29) is 0 Å². The zero-order valence-electron chi connectivity index (χ0n) is 36.8. The van der Waals surface area contributed by atoms with Crippen LogP contribution in [0, 0.1) is 0 Å². The maximum atomic E-state index is 5.34. The summed E-state index contributed by atoms with van der Waals surface area (Å²) in [6.07, 6.45) is 1.78. The molecule has 10 rings (SSSR count). The molecule has 0 amide bonds. The van der Waals surface area contributed by atoms with Gasteiger partial charge in [-0.15, -0.1) is 45.3 Å². The third kappa shape index (κ3) is 9.76. The molecule has 0 atom stereocenters. The summed E-state index contributed by atoms with van der Waals surface area (Å²) in [6, 6.07) is 71.1. The molecule has 0 aliphatic carbocycles. The molecule has 4 nitrogen and oxygen atoms in total. The van der Waals surface area contributed by atoms with Crippen LogP contribution in [0.5, 0.6) is 0 Å². The van der Waals surface area contributed by atoms with Crippen LogP contribution in [0.25, 0.3) is 51.5 Å². The molecule has 0 saturated heterocycles. The Morgan fingerprint density at radius 2 is 0.606 bits per heavy atom. The smallest absolute Gasteiger partial charge is 0.0502 e.